The molecule has 5 rings (SSSR count). The third kappa shape index (κ3) is 3.92. The monoisotopic (exact) mass is 475 g/mol. The van der Waals surface area contributed by atoms with Crippen LogP contribution in [0.3, 0.4) is 0 Å². The van der Waals surface area contributed by atoms with Gasteiger partial charge in [-0.25, -0.2) is 0 Å². The van der Waals surface area contributed by atoms with Crippen LogP contribution in [0.1, 0.15) is 60.5 Å². The van der Waals surface area contributed by atoms with E-state index in [0.717, 1.165) is 11.4 Å². The molecule has 0 bridgehead atoms. The average Bonchev–Trinajstić information content (AvgIpc) is 3.52. The van der Waals surface area contributed by atoms with Gasteiger partial charge in [0.2, 0.25) is 5.91 Å². The van der Waals surface area contributed by atoms with Crippen LogP contribution in [0.15, 0.2) is 48.7 Å². The number of carbonyl (C=O) groups excluding carboxylic acids is 1. The Bertz CT molecular complexity index is 1250. The molecule has 0 radical (unpaired) electrons. The Morgan fingerprint density at radius 2 is 2.00 bits per heavy atom. The zero-order chi connectivity index (χ0) is 24.0. The maximum atomic E-state index is 11.8. The summed E-state index contributed by atoms with van der Waals surface area (Å²) in [6.45, 7) is 5.87. The summed E-state index contributed by atoms with van der Waals surface area (Å²) in [4.78, 5) is 18.6. The summed E-state index contributed by atoms with van der Waals surface area (Å²) in [6.07, 6.45) is 4.27. The van der Waals surface area contributed by atoms with Gasteiger partial charge in [-0.05, 0) is 80.9 Å². The molecule has 1 aliphatic heterocycles. The van der Waals surface area contributed by atoms with E-state index in [4.69, 9.17) is 17.0 Å². The van der Waals surface area contributed by atoms with E-state index < -0.39 is 0 Å². The van der Waals surface area contributed by atoms with Gasteiger partial charge in [0.25, 0.3) is 0 Å². The van der Waals surface area contributed by atoms with Crippen LogP contribution < -0.4 is 20.3 Å². The lowest BCUT2D eigenvalue weighted by Gasteiger charge is -2.29. The lowest BCUT2D eigenvalue weighted by atomic mass is 9.96. The van der Waals surface area contributed by atoms with Gasteiger partial charge in [0.1, 0.15) is 5.75 Å². The number of amides is 1. The number of anilines is 2. The molecule has 8 heteroatoms. The van der Waals surface area contributed by atoms with Crippen LogP contribution in [0, 0.1) is 13.8 Å². The Morgan fingerprint density at radius 3 is 2.65 bits per heavy atom. The number of aryl methyl sites for hydroxylation is 1. The van der Waals surface area contributed by atoms with Crippen LogP contribution in [0.2, 0.25) is 0 Å². The first-order chi connectivity index (χ1) is 16.4. The molecule has 0 spiro atoms. The summed E-state index contributed by atoms with van der Waals surface area (Å²) in [5.41, 5.74) is 6.17. The van der Waals surface area contributed by atoms with E-state index in [-0.39, 0.29) is 18.0 Å². The highest BCUT2D eigenvalue weighted by molar-refractivity contribution is 7.80. The predicted octanol–water partition coefficient (Wildman–Crippen LogP) is 4.98. The molecule has 7 nitrogen and oxygen atoms in total. The fraction of sp³-hybridized carbons (Fsp3) is 0.346. The Kier molecular flexibility index (Phi) is 5.77. The number of thiocarbonyl (C=S) groups is 1. The van der Waals surface area contributed by atoms with Gasteiger partial charge in [0.15, 0.2) is 5.11 Å². The summed E-state index contributed by atoms with van der Waals surface area (Å²) >= 11 is 5.88. The van der Waals surface area contributed by atoms with Crippen molar-refractivity contribution in [3.8, 4) is 5.75 Å². The van der Waals surface area contributed by atoms with Crippen LogP contribution in [0.5, 0.6) is 5.75 Å². The van der Waals surface area contributed by atoms with E-state index in [1.54, 1.807) is 7.11 Å². The molecule has 1 saturated carbocycles. The first-order valence-corrected chi connectivity index (χ1v) is 11.9. The van der Waals surface area contributed by atoms with Crippen molar-refractivity contribution in [2.24, 2.45) is 0 Å². The number of aromatic nitrogens is 2. The number of methoxy groups -OCH3 is 1. The summed E-state index contributed by atoms with van der Waals surface area (Å²) < 4.78 is 7.93. The smallest absolute Gasteiger partial charge is 0.221 e. The lowest BCUT2D eigenvalue weighted by molar-refractivity contribution is -0.114. The van der Waals surface area contributed by atoms with E-state index in [1.165, 1.54) is 36.7 Å². The fourth-order valence-electron chi connectivity index (χ4n) is 5.08. The second kappa shape index (κ2) is 8.76. The Balaban J connectivity index is 1.65. The zero-order valence-corrected chi connectivity index (χ0v) is 20.6. The van der Waals surface area contributed by atoms with Crippen molar-refractivity contribution in [1.29, 1.82) is 0 Å². The summed E-state index contributed by atoms with van der Waals surface area (Å²) in [6, 6.07) is 14.4. The summed E-state index contributed by atoms with van der Waals surface area (Å²) in [5, 5.41) is 7.02. The quantitative estimate of drug-likeness (QED) is 0.490. The molecule has 3 heterocycles. The molecule has 34 heavy (non-hydrogen) atoms. The largest absolute Gasteiger partial charge is 0.495 e. The number of hydrogen-bond donors (Lipinski definition) is 2. The summed E-state index contributed by atoms with van der Waals surface area (Å²) in [7, 11) is 1.59. The van der Waals surface area contributed by atoms with E-state index in [2.05, 4.69) is 45.0 Å². The second-order valence-electron chi connectivity index (χ2n) is 8.99. The molecule has 2 atom stereocenters. The molecule has 3 aromatic rings. The molecule has 2 fully saturated rings. The van der Waals surface area contributed by atoms with E-state index in [0.29, 0.717) is 22.6 Å². The van der Waals surface area contributed by atoms with Crippen LogP contribution in [0.4, 0.5) is 11.4 Å². The topological polar surface area (TPSA) is 71.4 Å². The van der Waals surface area contributed by atoms with Gasteiger partial charge in [0, 0.05) is 36.2 Å². The van der Waals surface area contributed by atoms with Gasteiger partial charge in [-0.2, -0.15) is 0 Å². The van der Waals surface area contributed by atoms with Crippen LogP contribution in [-0.2, 0) is 4.79 Å². The van der Waals surface area contributed by atoms with Crippen molar-refractivity contribution in [2.75, 3.05) is 17.3 Å². The van der Waals surface area contributed by atoms with Crippen molar-refractivity contribution in [2.45, 2.75) is 51.7 Å². The molecule has 0 unspecified atom stereocenters. The van der Waals surface area contributed by atoms with Crippen molar-refractivity contribution in [3.63, 3.8) is 0 Å². The third-order valence-corrected chi connectivity index (χ3v) is 6.94. The maximum Gasteiger partial charge on any atom is 0.221 e. The number of ether oxygens (including phenoxy) is 1. The second-order valence-corrected chi connectivity index (χ2v) is 9.38. The van der Waals surface area contributed by atoms with Gasteiger partial charge >= 0.3 is 0 Å². The Morgan fingerprint density at radius 1 is 1.21 bits per heavy atom. The van der Waals surface area contributed by atoms with Gasteiger partial charge in [0.05, 0.1) is 30.6 Å². The molecule has 1 amide bonds. The van der Waals surface area contributed by atoms with Gasteiger partial charge < -0.3 is 24.8 Å². The average molecular weight is 476 g/mol. The lowest BCUT2D eigenvalue weighted by Crippen LogP contribution is -2.29. The Labute approximate surface area is 205 Å². The van der Waals surface area contributed by atoms with Crippen molar-refractivity contribution in [3.05, 3.63) is 71.3 Å². The molecule has 2 N–H and O–H groups in total. The number of carbonyl (C=O) groups is 1. The first kappa shape index (κ1) is 22.4. The molecule has 1 aliphatic carbocycles. The number of hydrogen-bond acceptors (Lipinski definition) is 4. The Hall–Kier alpha value is -3.39. The zero-order valence-electron chi connectivity index (χ0n) is 19.8. The van der Waals surface area contributed by atoms with E-state index in [1.807, 2.05) is 42.6 Å². The molecule has 2 aromatic heterocycles. The first-order valence-electron chi connectivity index (χ1n) is 11.5. The van der Waals surface area contributed by atoms with Crippen molar-refractivity contribution >= 4 is 34.6 Å². The third-order valence-electron chi connectivity index (χ3n) is 6.62. The minimum Gasteiger partial charge on any atom is -0.495 e. The number of pyridine rings is 1. The highest BCUT2D eigenvalue weighted by Gasteiger charge is 2.43. The minimum absolute atomic E-state index is 0.0975. The standard InChI is InChI=1S/C26H29N5O2S/c1-15-13-20(16(2)30(15)18-8-9-18)25-24(21-7-5-6-12-27-21)29-26(34)31(25)19-10-11-23(33-4)22(14-19)28-17(3)32/h5-7,10-14,18,24-25H,8-9H2,1-4H3,(H,28,32)(H,29,34)/t24-,25-/m1/s1. The van der Waals surface area contributed by atoms with E-state index in [9.17, 15) is 4.79 Å². The van der Waals surface area contributed by atoms with Crippen LogP contribution in [-0.4, -0.2) is 27.7 Å². The highest BCUT2D eigenvalue weighted by atomic mass is 32.1. The van der Waals surface area contributed by atoms with Gasteiger partial charge in [-0.1, -0.05) is 6.07 Å². The van der Waals surface area contributed by atoms with E-state index >= 15 is 0 Å². The highest BCUT2D eigenvalue weighted by Crippen LogP contribution is 2.46. The number of nitrogens with one attached hydrogen (secondary N) is 2. The molecule has 1 saturated heterocycles. The molecule has 176 valence electrons. The number of rotatable bonds is 6. The van der Waals surface area contributed by atoms with Crippen LogP contribution >= 0.6 is 12.2 Å². The maximum absolute atomic E-state index is 11.8. The van der Waals surface area contributed by atoms with Gasteiger partial charge in [-0.3, -0.25) is 9.78 Å². The number of nitrogens with zero attached hydrogens (tertiary/aromatic N) is 3. The summed E-state index contributed by atoms with van der Waals surface area (Å²) in [5.74, 6) is 0.440. The van der Waals surface area contributed by atoms with Crippen LogP contribution in [0.25, 0.3) is 0 Å². The van der Waals surface area contributed by atoms with Crippen molar-refractivity contribution < 1.29 is 9.53 Å². The molecule has 2 aliphatic rings. The normalized spacial score (nSPS) is 19.8. The predicted molar refractivity (Wildman–Crippen MR) is 137 cm³/mol. The number of benzene rings is 1. The fourth-order valence-corrected chi connectivity index (χ4v) is 5.42. The SMILES string of the molecule is COc1ccc(N2C(=S)N[C@H](c3ccccn3)[C@H]2c2cc(C)n(C3CC3)c2C)cc1NC(C)=O. The minimum atomic E-state index is -0.159. The van der Waals surface area contributed by atoms with Gasteiger partial charge in [-0.15, -0.1) is 0 Å². The van der Waals surface area contributed by atoms with Crippen molar-refractivity contribution in [1.82, 2.24) is 14.9 Å². The molecule has 1 aromatic carbocycles. The molecular formula is C26H29N5O2S. The molecular weight excluding hydrogens is 446 g/mol.